The molecule has 2 amide bonds. The molecule has 0 aromatic heterocycles. The Morgan fingerprint density at radius 3 is 2.65 bits per heavy atom. The number of amides is 2. The van der Waals surface area contributed by atoms with Crippen molar-refractivity contribution in [1.29, 1.82) is 0 Å². The normalized spacial score (nSPS) is 18.7. The second-order valence-corrected chi connectivity index (χ2v) is 6.77. The molecule has 0 spiro atoms. The average Bonchev–Trinajstić information content (AvgIpc) is 2.70. The predicted octanol–water partition coefficient (Wildman–Crippen LogP) is -0.502. The van der Waals surface area contributed by atoms with E-state index in [9.17, 15) is 18.0 Å². The van der Waals surface area contributed by atoms with Gasteiger partial charge >= 0.3 is 0 Å². The zero-order chi connectivity index (χ0) is 16.9. The molecule has 0 aliphatic carbocycles. The minimum atomic E-state index is -3.76. The van der Waals surface area contributed by atoms with E-state index in [2.05, 4.69) is 10.6 Å². The van der Waals surface area contributed by atoms with Crippen molar-refractivity contribution in [2.75, 3.05) is 13.2 Å². The summed E-state index contributed by atoms with van der Waals surface area (Å²) in [5.74, 6) is -0.270. The van der Waals surface area contributed by atoms with Crippen LogP contribution in [0.3, 0.4) is 0 Å². The van der Waals surface area contributed by atoms with Crippen LogP contribution in [0.5, 0.6) is 5.75 Å². The van der Waals surface area contributed by atoms with Gasteiger partial charge in [0.15, 0.2) is 6.61 Å². The molecule has 0 radical (unpaired) electrons. The Morgan fingerprint density at radius 1 is 1.30 bits per heavy atom. The molecule has 1 saturated heterocycles. The predicted molar refractivity (Wildman–Crippen MR) is 82.1 cm³/mol. The van der Waals surface area contributed by atoms with Gasteiger partial charge in [-0.1, -0.05) is 0 Å². The Morgan fingerprint density at radius 2 is 2.00 bits per heavy atom. The fourth-order valence-electron chi connectivity index (χ4n) is 2.19. The van der Waals surface area contributed by atoms with E-state index in [-0.39, 0.29) is 17.4 Å². The number of carbonyl (C=O) groups is 2. The van der Waals surface area contributed by atoms with Gasteiger partial charge in [0.05, 0.1) is 4.90 Å². The Labute approximate surface area is 134 Å². The van der Waals surface area contributed by atoms with Crippen LogP contribution in [-0.2, 0) is 19.6 Å². The molecule has 1 heterocycles. The second kappa shape index (κ2) is 7.42. The van der Waals surface area contributed by atoms with Gasteiger partial charge in [-0.25, -0.2) is 13.6 Å². The average molecular weight is 341 g/mol. The maximum Gasteiger partial charge on any atom is 0.258 e. The highest BCUT2D eigenvalue weighted by Crippen LogP contribution is 2.14. The molecule has 8 nitrogen and oxygen atoms in total. The Balaban J connectivity index is 1.85. The van der Waals surface area contributed by atoms with Crippen LogP contribution in [0.25, 0.3) is 0 Å². The molecule has 1 aliphatic heterocycles. The van der Waals surface area contributed by atoms with Gasteiger partial charge in [0, 0.05) is 6.54 Å². The minimum absolute atomic E-state index is 0.0376. The Kier molecular flexibility index (Phi) is 5.56. The number of rotatable bonds is 5. The van der Waals surface area contributed by atoms with Crippen molar-refractivity contribution >= 4 is 21.8 Å². The largest absolute Gasteiger partial charge is 0.484 e. The van der Waals surface area contributed by atoms with Gasteiger partial charge in [-0.05, 0) is 43.5 Å². The van der Waals surface area contributed by atoms with Gasteiger partial charge in [0.1, 0.15) is 11.8 Å². The van der Waals surface area contributed by atoms with E-state index in [1.54, 1.807) is 0 Å². The zero-order valence-electron chi connectivity index (χ0n) is 12.4. The van der Waals surface area contributed by atoms with E-state index in [0.29, 0.717) is 18.7 Å². The molecule has 1 aliphatic rings. The third kappa shape index (κ3) is 5.22. The summed E-state index contributed by atoms with van der Waals surface area (Å²) >= 11 is 0. The monoisotopic (exact) mass is 341 g/mol. The SMILES string of the molecule is NS(=O)(=O)c1ccc(OCC(=O)NC2CCCCNC2=O)cc1. The van der Waals surface area contributed by atoms with Crippen molar-refractivity contribution in [2.24, 2.45) is 5.14 Å². The summed E-state index contributed by atoms with van der Waals surface area (Å²) in [7, 11) is -3.76. The third-order valence-corrected chi connectivity index (χ3v) is 4.32. The molecule has 1 aromatic rings. The highest BCUT2D eigenvalue weighted by atomic mass is 32.2. The maximum atomic E-state index is 11.8. The number of primary sulfonamides is 1. The number of ether oxygens (including phenoxy) is 1. The molecule has 0 bridgehead atoms. The van der Waals surface area contributed by atoms with Gasteiger partial charge in [0.25, 0.3) is 5.91 Å². The van der Waals surface area contributed by atoms with Crippen LogP contribution in [0.15, 0.2) is 29.2 Å². The number of hydrogen-bond donors (Lipinski definition) is 3. The zero-order valence-corrected chi connectivity index (χ0v) is 13.3. The number of carbonyl (C=O) groups excluding carboxylic acids is 2. The first-order valence-electron chi connectivity index (χ1n) is 7.19. The summed E-state index contributed by atoms with van der Waals surface area (Å²) in [6.07, 6.45) is 2.35. The Hall–Kier alpha value is -2.13. The highest BCUT2D eigenvalue weighted by molar-refractivity contribution is 7.89. The van der Waals surface area contributed by atoms with Gasteiger partial charge in [-0.3, -0.25) is 9.59 Å². The first-order valence-corrected chi connectivity index (χ1v) is 8.73. The van der Waals surface area contributed by atoms with Gasteiger partial charge in [-0.15, -0.1) is 0 Å². The van der Waals surface area contributed by atoms with Crippen LogP contribution in [0.4, 0.5) is 0 Å². The van der Waals surface area contributed by atoms with Gasteiger partial charge in [-0.2, -0.15) is 0 Å². The number of nitrogens with two attached hydrogens (primary N) is 1. The summed E-state index contributed by atoms with van der Waals surface area (Å²) in [4.78, 5) is 23.5. The fraction of sp³-hybridized carbons (Fsp3) is 0.429. The van der Waals surface area contributed by atoms with Crippen LogP contribution < -0.4 is 20.5 Å². The lowest BCUT2D eigenvalue weighted by Gasteiger charge is -2.15. The number of hydrogen-bond acceptors (Lipinski definition) is 5. The van der Waals surface area contributed by atoms with E-state index in [1.165, 1.54) is 24.3 Å². The molecule has 1 unspecified atom stereocenters. The first-order chi connectivity index (χ1) is 10.9. The van der Waals surface area contributed by atoms with Crippen molar-refractivity contribution in [3.63, 3.8) is 0 Å². The van der Waals surface area contributed by atoms with Crippen molar-refractivity contribution in [3.05, 3.63) is 24.3 Å². The van der Waals surface area contributed by atoms with Crippen molar-refractivity contribution in [3.8, 4) is 5.75 Å². The molecule has 1 aromatic carbocycles. The molecule has 2 rings (SSSR count). The Bertz CT molecular complexity index is 672. The summed E-state index contributed by atoms with van der Waals surface area (Å²) in [5.41, 5.74) is 0. The van der Waals surface area contributed by atoms with Crippen LogP contribution in [0.2, 0.25) is 0 Å². The van der Waals surface area contributed by atoms with Crippen molar-refractivity contribution in [2.45, 2.75) is 30.2 Å². The van der Waals surface area contributed by atoms with E-state index in [4.69, 9.17) is 9.88 Å². The van der Waals surface area contributed by atoms with E-state index in [1.807, 2.05) is 0 Å². The molecule has 126 valence electrons. The molecular weight excluding hydrogens is 322 g/mol. The van der Waals surface area contributed by atoms with Gasteiger partial charge < -0.3 is 15.4 Å². The smallest absolute Gasteiger partial charge is 0.258 e. The first kappa shape index (κ1) is 17.2. The lowest BCUT2D eigenvalue weighted by molar-refractivity contribution is -0.129. The topological polar surface area (TPSA) is 128 Å². The standard InChI is InChI=1S/C14H19N3O5S/c15-23(20,21)11-6-4-10(5-7-11)22-9-13(18)17-12-3-1-2-8-16-14(12)19/h4-7,12H,1-3,8-9H2,(H,16,19)(H,17,18)(H2,15,20,21). The summed E-state index contributed by atoms with van der Waals surface area (Å²) in [6, 6.07) is 4.86. The number of benzene rings is 1. The quantitative estimate of drug-likeness (QED) is 0.665. The number of sulfonamides is 1. The van der Waals surface area contributed by atoms with Crippen LogP contribution in [0.1, 0.15) is 19.3 Å². The minimum Gasteiger partial charge on any atom is -0.484 e. The lowest BCUT2D eigenvalue weighted by atomic mass is 10.1. The highest BCUT2D eigenvalue weighted by Gasteiger charge is 2.22. The molecule has 1 fully saturated rings. The molecular formula is C14H19N3O5S. The fourth-order valence-corrected chi connectivity index (χ4v) is 2.70. The summed E-state index contributed by atoms with van der Waals surface area (Å²) < 4.78 is 27.5. The molecule has 23 heavy (non-hydrogen) atoms. The van der Waals surface area contributed by atoms with Crippen molar-refractivity contribution in [1.82, 2.24) is 10.6 Å². The van der Waals surface area contributed by atoms with Crippen molar-refractivity contribution < 1.29 is 22.7 Å². The second-order valence-electron chi connectivity index (χ2n) is 5.21. The van der Waals surface area contributed by atoms with Crippen LogP contribution >= 0.6 is 0 Å². The van der Waals surface area contributed by atoms with Gasteiger partial charge in [0.2, 0.25) is 15.9 Å². The maximum absolute atomic E-state index is 11.8. The third-order valence-electron chi connectivity index (χ3n) is 3.39. The molecule has 9 heteroatoms. The summed E-state index contributed by atoms with van der Waals surface area (Å²) in [5, 5.41) is 10.3. The van der Waals surface area contributed by atoms with E-state index < -0.39 is 22.0 Å². The van der Waals surface area contributed by atoms with E-state index >= 15 is 0 Å². The molecule has 4 N–H and O–H groups in total. The molecule has 1 atom stereocenters. The van der Waals surface area contributed by atoms with E-state index in [0.717, 1.165) is 12.8 Å². The summed E-state index contributed by atoms with van der Waals surface area (Å²) in [6.45, 7) is 0.358. The molecule has 0 saturated carbocycles. The number of nitrogens with one attached hydrogen (secondary N) is 2. The van der Waals surface area contributed by atoms with Crippen LogP contribution in [0, 0.1) is 0 Å². The lowest BCUT2D eigenvalue weighted by Crippen LogP contribution is -2.46. The van der Waals surface area contributed by atoms with Crippen LogP contribution in [-0.4, -0.2) is 39.4 Å².